The van der Waals surface area contributed by atoms with Crippen molar-refractivity contribution < 1.29 is 14.0 Å². The summed E-state index contributed by atoms with van der Waals surface area (Å²) in [5, 5.41) is 0.475. The standard InChI is InChI=1S/C23H19NO3S2/c1-15-6-9-19(10-7-15)28-21-11-8-18(27-21)13-20-22(25)24(23(26)29-20)14-17-5-3-4-16(2)12-17/h3-13H,14H2,1-2H3/b20-13-. The third-order valence-electron chi connectivity index (χ3n) is 4.41. The predicted molar refractivity (Wildman–Crippen MR) is 117 cm³/mol. The van der Waals surface area contributed by atoms with Crippen LogP contribution >= 0.6 is 23.5 Å². The minimum Gasteiger partial charge on any atom is -0.450 e. The maximum atomic E-state index is 12.7. The Hall–Kier alpha value is -2.70. The fraction of sp³-hybridized carbons (Fsp3) is 0.130. The number of hydrogen-bond acceptors (Lipinski definition) is 5. The number of carbonyl (C=O) groups is 2. The van der Waals surface area contributed by atoms with Crippen molar-refractivity contribution in [3.05, 3.63) is 88.0 Å². The van der Waals surface area contributed by atoms with Gasteiger partial charge in [0.05, 0.1) is 11.4 Å². The van der Waals surface area contributed by atoms with E-state index in [1.807, 2.05) is 62.4 Å². The van der Waals surface area contributed by atoms with E-state index in [1.54, 1.807) is 6.08 Å². The smallest absolute Gasteiger partial charge is 0.293 e. The highest BCUT2D eigenvalue weighted by Gasteiger charge is 2.35. The van der Waals surface area contributed by atoms with Gasteiger partial charge in [-0.3, -0.25) is 14.5 Å². The zero-order chi connectivity index (χ0) is 20.4. The summed E-state index contributed by atoms with van der Waals surface area (Å²) in [7, 11) is 0. The van der Waals surface area contributed by atoms with Gasteiger partial charge >= 0.3 is 0 Å². The largest absolute Gasteiger partial charge is 0.450 e. The lowest BCUT2D eigenvalue weighted by Crippen LogP contribution is -2.27. The molecule has 6 heteroatoms. The number of nitrogens with zero attached hydrogens (tertiary/aromatic N) is 1. The number of hydrogen-bond donors (Lipinski definition) is 0. The van der Waals surface area contributed by atoms with Crippen LogP contribution < -0.4 is 0 Å². The molecule has 146 valence electrons. The fourth-order valence-electron chi connectivity index (χ4n) is 2.95. The molecule has 0 spiro atoms. The number of furan rings is 1. The average molecular weight is 422 g/mol. The first-order chi connectivity index (χ1) is 14.0. The quantitative estimate of drug-likeness (QED) is 0.454. The van der Waals surface area contributed by atoms with Gasteiger partial charge in [0.2, 0.25) is 0 Å². The van der Waals surface area contributed by atoms with E-state index in [9.17, 15) is 9.59 Å². The summed E-state index contributed by atoms with van der Waals surface area (Å²) in [6, 6.07) is 19.7. The SMILES string of the molecule is Cc1ccc(Sc2ccc(/C=C3\SC(=O)N(Cc4cccc(C)c4)C3=O)o2)cc1. The van der Waals surface area contributed by atoms with Crippen LogP contribution in [0.25, 0.3) is 6.08 Å². The molecule has 0 unspecified atom stereocenters. The van der Waals surface area contributed by atoms with Gasteiger partial charge in [-0.25, -0.2) is 0 Å². The van der Waals surface area contributed by atoms with E-state index in [0.717, 1.165) is 32.9 Å². The average Bonchev–Trinajstić information content (AvgIpc) is 3.23. The Kier molecular flexibility index (Phi) is 5.65. The Morgan fingerprint density at radius 3 is 2.55 bits per heavy atom. The number of amides is 2. The normalized spacial score (nSPS) is 15.5. The molecule has 2 amide bonds. The predicted octanol–water partition coefficient (Wildman–Crippen LogP) is 6.28. The first-order valence-corrected chi connectivity index (χ1v) is 10.8. The lowest BCUT2D eigenvalue weighted by Gasteiger charge is -2.12. The van der Waals surface area contributed by atoms with Crippen LogP contribution in [0.4, 0.5) is 4.79 Å². The first-order valence-electron chi connectivity index (χ1n) is 9.13. The van der Waals surface area contributed by atoms with Crippen molar-refractivity contribution >= 4 is 40.7 Å². The van der Waals surface area contributed by atoms with Crippen LogP contribution in [0.3, 0.4) is 0 Å². The van der Waals surface area contributed by atoms with Gasteiger partial charge < -0.3 is 4.42 Å². The monoisotopic (exact) mass is 421 g/mol. The van der Waals surface area contributed by atoms with Gasteiger partial charge in [0.25, 0.3) is 11.1 Å². The van der Waals surface area contributed by atoms with E-state index in [-0.39, 0.29) is 17.7 Å². The molecule has 1 fully saturated rings. The van der Waals surface area contributed by atoms with Crippen molar-refractivity contribution in [1.29, 1.82) is 0 Å². The minimum absolute atomic E-state index is 0.261. The Labute approximate surface area is 178 Å². The lowest BCUT2D eigenvalue weighted by atomic mass is 10.1. The van der Waals surface area contributed by atoms with Crippen molar-refractivity contribution in [2.45, 2.75) is 30.4 Å². The number of rotatable bonds is 5. The van der Waals surface area contributed by atoms with Crippen molar-refractivity contribution in [3.8, 4) is 0 Å². The second kappa shape index (κ2) is 8.35. The van der Waals surface area contributed by atoms with E-state index >= 15 is 0 Å². The van der Waals surface area contributed by atoms with Gasteiger partial charge in [-0.1, -0.05) is 59.3 Å². The number of imide groups is 1. The summed E-state index contributed by atoms with van der Waals surface area (Å²) in [6.45, 7) is 4.31. The third-order valence-corrected chi connectivity index (χ3v) is 6.25. The van der Waals surface area contributed by atoms with Crippen LogP contribution in [0.15, 0.2) is 80.0 Å². The topological polar surface area (TPSA) is 50.5 Å². The highest BCUT2D eigenvalue weighted by Crippen LogP contribution is 2.35. The molecule has 1 aliphatic rings. The molecule has 2 aromatic carbocycles. The molecule has 4 rings (SSSR count). The zero-order valence-electron chi connectivity index (χ0n) is 16.0. The molecule has 0 aliphatic carbocycles. The molecule has 2 heterocycles. The Morgan fingerprint density at radius 1 is 1.00 bits per heavy atom. The van der Waals surface area contributed by atoms with Gasteiger partial charge in [-0.2, -0.15) is 0 Å². The van der Waals surface area contributed by atoms with Crippen molar-refractivity contribution in [3.63, 3.8) is 0 Å². The minimum atomic E-state index is -0.286. The molecular formula is C23H19NO3S2. The van der Waals surface area contributed by atoms with Crippen molar-refractivity contribution in [2.24, 2.45) is 0 Å². The van der Waals surface area contributed by atoms with E-state index in [0.29, 0.717) is 10.7 Å². The zero-order valence-corrected chi connectivity index (χ0v) is 17.7. The van der Waals surface area contributed by atoms with E-state index in [1.165, 1.54) is 22.2 Å². The fourth-order valence-corrected chi connectivity index (χ4v) is 4.54. The van der Waals surface area contributed by atoms with Gasteiger partial charge in [0.1, 0.15) is 5.76 Å². The molecule has 0 saturated carbocycles. The summed E-state index contributed by atoms with van der Waals surface area (Å²) in [5.74, 6) is 0.270. The highest BCUT2D eigenvalue weighted by atomic mass is 32.2. The van der Waals surface area contributed by atoms with Crippen LogP contribution in [-0.4, -0.2) is 16.0 Å². The Bertz CT molecular complexity index is 1100. The second-order valence-electron chi connectivity index (χ2n) is 6.83. The van der Waals surface area contributed by atoms with Crippen LogP contribution in [0, 0.1) is 13.8 Å². The summed E-state index contributed by atoms with van der Waals surface area (Å²) in [4.78, 5) is 27.8. The van der Waals surface area contributed by atoms with E-state index in [4.69, 9.17) is 4.42 Å². The van der Waals surface area contributed by atoms with Gasteiger partial charge in [0.15, 0.2) is 5.09 Å². The molecule has 1 saturated heterocycles. The van der Waals surface area contributed by atoms with Gasteiger partial charge in [0, 0.05) is 11.0 Å². The van der Waals surface area contributed by atoms with E-state index in [2.05, 4.69) is 12.1 Å². The summed E-state index contributed by atoms with van der Waals surface area (Å²) in [6.07, 6.45) is 1.64. The Morgan fingerprint density at radius 2 is 1.79 bits per heavy atom. The number of carbonyl (C=O) groups excluding carboxylic acids is 2. The lowest BCUT2D eigenvalue weighted by molar-refractivity contribution is -0.123. The molecule has 3 aromatic rings. The van der Waals surface area contributed by atoms with Crippen molar-refractivity contribution in [1.82, 2.24) is 4.90 Å². The molecule has 0 radical (unpaired) electrons. The van der Waals surface area contributed by atoms with Crippen LogP contribution in [0.1, 0.15) is 22.5 Å². The maximum Gasteiger partial charge on any atom is 0.293 e. The van der Waals surface area contributed by atoms with Gasteiger partial charge in [-0.05, 0) is 55.4 Å². The summed E-state index contributed by atoms with van der Waals surface area (Å²) in [5.41, 5.74) is 3.23. The van der Waals surface area contributed by atoms with Gasteiger partial charge in [-0.15, -0.1) is 0 Å². The second-order valence-corrected chi connectivity index (χ2v) is 8.90. The highest BCUT2D eigenvalue weighted by molar-refractivity contribution is 8.18. The summed E-state index contributed by atoms with van der Waals surface area (Å²) >= 11 is 2.46. The molecule has 0 bridgehead atoms. The number of benzene rings is 2. The number of thioether (sulfide) groups is 1. The molecule has 1 aromatic heterocycles. The molecule has 0 N–H and O–H groups in total. The third kappa shape index (κ3) is 4.66. The van der Waals surface area contributed by atoms with Crippen LogP contribution in [0.2, 0.25) is 0 Å². The first kappa shape index (κ1) is 19.6. The molecule has 29 heavy (non-hydrogen) atoms. The van der Waals surface area contributed by atoms with E-state index < -0.39 is 0 Å². The molecular weight excluding hydrogens is 402 g/mol. The maximum absolute atomic E-state index is 12.7. The molecule has 4 nitrogen and oxygen atoms in total. The van der Waals surface area contributed by atoms with Crippen LogP contribution in [-0.2, 0) is 11.3 Å². The molecule has 0 atom stereocenters. The molecule has 1 aliphatic heterocycles. The Balaban J connectivity index is 1.47. The van der Waals surface area contributed by atoms with Crippen molar-refractivity contribution in [2.75, 3.05) is 0 Å². The number of aryl methyl sites for hydroxylation is 2. The van der Waals surface area contributed by atoms with Crippen LogP contribution in [0.5, 0.6) is 0 Å². The summed E-state index contributed by atoms with van der Waals surface area (Å²) < 4.78 is 5.82.